The van der Waals surface area contributed by atoms with Crippen molar-refractivity contribution in [1.29, 1.82) is 0 Å². The SMILES string of the molecule is COCCOCCOCCOCCC[Si](Cl)(Cl)Cl. The van der Waals surface area contributed by atoms with Crippen LogP contribution in [-0.2, 0) is 18.9 Å². The van der Waals surface area contributed by atoms with Crippen LogP contribution in [0, 0.1) is 0 Å². The fraction of sp³-hybridized carbons (Fsp3) is 1.00. The predicted octanol–water partition coefficient (Wildman–Crippen LogP) is 2.73. The maximum atomic E-state index is 5.73. The quantitative estimate of drug-likeness (QED) is 0.294. The van der Waals surface area contributed by atoms with Crippen molar-refractivity contribution in [2.75, 3.05) is 53.4 Å². The van der Waals surface area contributed by atoms with E-state index >= 15 is 0 Å². The molecular weight excluding hydrogens is 319 g/mol. The molecule has 18 heavy (non-hydrogen) atoms. The second-order valence-corrected chi connectivity index (χ2v) is 12.8. The lowest BCUT2D eigenvalue weighted by Gasteiger charge is -2.08. The maximum absolute atomic E-state index is 5.73. The first kappa shape index (κ1) is 18.9. The summed E-state index contributed by atoms with van der Waals surface area (Å²) in [5.41, 5.74) is 0. The molecule has 0 aromatic carbocycles. The Morgan fingerprint density at radius 1 is 0.722 bits per heavy atom. The predicted molar refractivity (Wildman–Crippen MR) is 77.1 cm³/mol. The van der Waals surface area contributed by atoms with E-state index in [-0.39, 0.29) is 0 Å². The summed E-state index contributed by atoms with van der Waals surface area (Å²) < 4.78 is 20.7. The monoisotopic (exact) mass is 338 g/mol. The third-order valence-corrected chi connectivity index (χ3v) is 4.55. The molecule has 0 rings (SSSR count). The van der Waals surface area contributed by atoms with Crippen molar-refractivity contribution < 1.29 is 18.9 Å². The minimum absolute atomic E-state index is 0.554. The van der Waals surface area contributed by atoms with E-state index < -0.39 is 6.00 Å². The van der Waals surface area contributed by atoms with Crippen LogP contribution in [0.1, 0.15) is 6.42 Å². The first-order chi connectivity index (χ1) is 8.56. The number of ether oxygens (including phenoxy) is 4. The third kappa shape index (κ3) is 16.9. The number of hydrogen-bond donors (Lipinski definition) is 0. The highest BCUT2D eigenvalue weighted by Crippen LogP contribution is 2.26. The van der Waals surface area contributed by atoms with Gasteiger partial charge in [-0.15, -0.1) is 33.2 Å². The molecule has 0 atom stereocenters. The summed E-state index contributed by atoms with van der Waals surface area (Å²) >= 11 is 17.2. The molecule has 0 radical (unpaired) electrons. The zero-order chi connectivity index (χ0) is 13.7. The van der Waals surface area contributed by atoms with Gasteiger partial charge in [0.25, 0.3) is 0 Å². The molecule has 110 valence electrons. The Labute approximate surface area is 124 Å². The van der Waals surface area contributed by atoms with Gasteiger partial charge in [0.1, 0.15) is 0 Å². The van der Waals surface area contributed by atoms with Crippen LogP contribution in [0.3, 0.4) is 0 Å². The van der Waals surface area contributed by atoms with E-state index in [0.717, 1.165) is 6.42 Å². The van der Waals surface area contributed by atoms with E-state index in [9.17, 15) is 0 Å². The highest BCUT2D eigenvalue weighted by Gasteiger charge is 2.23. The maximum Gasteiger partial charge on any atom is 0.341 e. The van der Waals surface area contributed by atoms with Crippen molar-refractivity contribution in [2.24, 2.45) is 0 Å². The molecule has 0 aliphatic carbocycles. The normalized spacial score (nSPS) is 12.0. The van der Waals surface area contributed by atoms with Gasteiger partial charge in [-0.25, -0.2) is 0 Å². The van der Waals surface area contributed by atoms with Crippen LogP contribution in [0.5, 0.6) is 0 Å². The average molecular weight is 340 g/mol. The van der Waals surface area contributed by atoms with E-state index in [2.05, 4.69) is 0 Å². The zero-order valence-corrected chi connectivity index (χ0v) is 13.9. The Bertz CT molecular complexity index is 181. The van der Waals surface area contributed by atoms with Crippen molar-refractivity contribution in [2.45, 2.75) is 12.5 Å². The molecule has 0 aromatic heterocycles. The van der Waals surface area contributed by atoms with Gasteiger partial charge in [0.05, 0.1) is 39.6 Å². The Balaban J connectivity index is 2.99. The molecule has 0 bridgehead atoms. The molecule has 0 unspecified atom stereocenters. The van der Waals surface area contributed by atoms with Gasteiger partial charge < -0.3 is 18.9 Å². The number of rotatable bonds is 13. The number of halogens is 3. The molecule has 4 nitrogen and oxygen atoms in total. The van der Waals surface area contributed by atoms with Crippen LogP contribution in [0.4, 0.5) is 0 Å². The van der Waals surface area contributed by atoms with Crippen LogP contribution in [0.25, 0.3) is 0 Å². The summed E-state index contributed by atoms with van der Waals surface area (Å²) in [5.74, 6) is 0. The Hall–Kier alpha value is 0.927. The van der Waals surface area contributed by atoms with Gasteiger partial charge in [-0.1, -0.05) is 0 Å². The number of methoxy groups -OCH3 is 1. The van der Waals surface area contributed by atoms with E-state index in [4.69, 9.17) is 52.2 Å². The Kier molecular flexibility index (Phi) is 13.6. The van der Waals surface area contributed by atoms with Crippen LogP contribution in [-0.4, -0.2) is 59.4 Å². The van der Waals surface area contributed by atoms with Gasteiger partial charge in [0.15, 0.2) is 0 Å². The van der Waals surface area contributed by atoms with Gasteiger partial charge in [-0.05, 0) is 12.5 Å². The molecule has 0 saturated carbocycles. The molecule has 0 amide bonds. The second-order valence-electron chi connectivity index (χ2n) is 3.55. The molecule has 0 aliphatic rings. The minimum atomic E-state index is -2.48. The smallest absolute Gasteiger partial charge is 0.341 e. The van der Waals surface area contributed by atoms with Gasteiger partial charge in [0.2, 0.25) is 0 Å². The molecule has 0 heterocycles. The van der Waals surface area contributed by atoms with Crippen LogP contribution in [0.2, 0.25) is 6.04 Å². The van der Waals surface area contributed by atoms with Gasteiger partial charge in [0, 0.05) is 13.7 Å². The first-order valence-electron chi connectivity index (χ1n) is 5.85. The largest absolute Gasteiger partial charge is 0.382 e. The molecule has 0 saturated heterocycles. The summed E-state index contributed by atoms with van der Waals surface area (Å²) in [6.45, 7) is 4.05. The molecule has 8 heteroatoms. The lowest BCUT2D eigenvalue weighted by atomic mass is 10.5. The van der Waals surface area contributed by atoms with Crippen molar-refractivity contribution >= 4 is 39.2 Å². The molecule has 0 fully saturated rings. The lowest BCUT2D eigenvalue weighted by Crippen LogP contribution is -2.13. The fourth-order valence-corrected chi connectivity index (χ4v) is 2.81. The summed E-state index contributed by atoms with van der Waals surface area (Å²) in [6.07, 6.45) is 0.781. The molecular formula is C10H21Cl3O4Si. The summed E-state index contributed by atoms with van der Waals surface area (Å²) in [5, 5.41) is 0. The van der Waals surface area contributed by atoms with Crippen molar-refractivity contribution in [3.63, 3.8) is 0 Å². The van der Waals surface area contributed by atoms with Gasteiger partial charge >= 0.3 is 6.00 Å². The van der Waals surface area contributed by atoms with Gasteiger partial charge in [-0.3, -0.25) is 0 Å². The van der Waals surface area contributed by atoms with Gasteiger partial charge in [-0.2, -0.15) is 0 Å². The molecule has 0 N–H and O–H groups in total. The fourth-order valence-electron chi connectivity index (χ4n) is 1.06. The Morgan fingerprint density at radius 3 is 1.61 bits per heavy atom. The van der Waals surface area contributed by atoms with Crippen LogP contribution < -0.4 is 0 Å². The van der Waals surface area contributed by atoms with Crippen molar-refractivity contribution in [1.82, 2.24) is 0 Å². The highest BCUT2D eigenvalue weighted by molar-refractivity contribution is 7.64. The Morgan fingerprint density at radius 2 is 1.17 bits per heavy atom. The van der Waals surface area contributed by atoms with E-state index in [1.807, 2.05) is 0 Å². The first-order valence-corrected chi connectivity index (χ1v) is 11.1. The van der Waals surface area contributed by atoms with E-state index in [1.165, 1.54) is 0 Å². The zero-order valence-electron chi connectivity index (χ0n) is 10.6. The summed E-state index contributed by atoms with van der Waals surface area (Å²) in [6, 6.07) is -1.85. The molecule has 0 spiro atoms. The van der Waals surface area contributed by atoms with Crippen molar-refractivity contribution in [3.05, 3.63) is 0 Å². The third-order valence-electron chi connectivity index (χ3n) is 1.92. The van der Waals surface area contributed by atoms with Crippen LogP contribution in [0.15, 0.2) is 0 Å². The average Bonchev–Trinajstić information content (AvgIpc) is 2.29. The van der Waals surface area contributed by atoms with Crippen molar-refractivity contribution in [3.8, 4) is 0 Å². The lowest BCUT2D eigenvalue weighted by molar-refractivity contribution is 0.00377. The van der Waals surface area contributed by atoms with E-state index in [0.29, 0.717) is 52.3 Å². The van der Waals surface area contributed by atoms with E-state index in [1.54, 1.807) is 7.11 Å². The second kappa shape index (κ2) is 12.9. The molecule has 0 aliphatic heterocycles. The highest BCUT2D eigenvalue weighted by atomic mass is 35.8. The minimum Gasteiger partial charge on any atom is -0.382 e. The summed E-state index contributed by atoms with van der Waals surface area (Å²) in [4.78, 5) is 0. The summed E-state index contributed by atoms with van der Waals surface area (Å²) in [7, 11) is 1.64. The number of hydrogen-bond acceptors (Lipinski definition) is 4. The van der Waals surface area contributed by atoms with Crippen LogP contribution >= 0.6 is 33.2 Å². The standard InChI is InChI=1S/C10H21Cl3O4Si/c1-14-4-5-16-8-9-17-7-6-15-3-2-10-18(11,12)13/h2-10H2,1H3. The topological polar surface area (TPSA) is 36.9 Å². The molecule has 0 aromatic rings.